The monoisotopic (exact) mass is 218 g/mol. The maximum atomic E-state index is 11.1. The molecule has 1 aliphatic rings. The predicted octanol–water partition coefficient (Wildman–Crippen LogP) is 0.311. The van der Waals surface area contributed by atoms with Crippen LogP contribution < -0.4 is 0 Å². The molecule has 0 saturated carbocycles. The standard InChI is InChI=1S/C10H18O5/c1-9(5-11)6-14-10(2,15-7-9)4-8(12)13-3/h11H,4-7H2,1-3H3. The molecular formula is C10H18O5. The highest BCUT2D eigenvalue weighted by atomic mass is 16.7. The summed E-state index contributed by atoms with van der Waals surface area (Å²) in [5.41, 5.74) is -0.379. The molecule has 5 nitrogen and oxygen atoms in total. The Morgan fingerprint density at radius 3 is 2.33 bits per heavy atom. The second-order valence-electron chi connectivity index (χ2n) is 4.43. The van der Waals surface area contributed by atoms with E-state index in [1.165, 1.54) is 7.11 Å². The van der Waals surface area contributed by atoms with Crippen molar-refractivity contribution in [2.24, 2.45) is 5.41 Å². The number of rotatable bonds is 3. The van der Waals surface area contributed by atoms with Crippen LogP contribution in [0.3, 0.4) is 0 Å². The van der Waals surface area contributed by atoms with Crippen LogP contribution in [0.2, 0.25) is 0 Å². The molecule has 0 aromatic carbocycles. The topological polar surface area (TPSA) is 65.0 Å². The van der Waals surface area contributed by atoms with Crippen molar-refractivity contribution in [1.29, 1.82) is 0 Å². The lowest BCUT2D eigenvalue weighted by atomic mass is 9.92. The van der Waals surface area contributed by atoms with Crippen molar-refractivity contribution in [1.82, 2.24) is 0 Å². The highest BCUT2D eigenvalue weighted by molar-refractivity contribution is 5.70. The first kappa shape index (κ1) is 12.4. The number of carbonyl (C=O) groups is 1. The van der Waals surface area contributed by atoms with Gasteiger partial charge >= 0.3 is 5.97 Å². The lowest BCUT2D eigenvalue weighted by Crippen LogP contribution is -2.49. The first-order chi connectivity index (χ1) is 6.93. The summed E-state index contributed by atoms with van der Waals surface area (Å²) in [6.45, 7) is 4.31. The van der Waals surface area contributed by atoms with Gasteiger partial charge in [-0.05, 0) is 6.92 Å². The first-order valence-electron chi connectivity index (χ1n) is 4.89. The molecule has 5 heteroatoms. The van der Waals surface area contributed by atoms with E-state index in [9.17, 15) is 4.79 Å². The third kappa shape index (κ3) is 3.15. The Kier molecular flexibility index (Phi) is 3.70. The fourth-order valence-corrected chi connectivity index (χ4v) is 1.26. The smallest absolute Gasteiger partial charge is 0.310 e. The van der Waals surface area contributed by atoms with Crippen LogP contribution in [-0.4, -0.2) is 43.8 Å². The fourth-order valence-electron chi connectivity index (χ4n) is 1.26. The molecular weight excluding hydrogens is 200 g/mol. The number of esters is 1. The maximum Gasteiger partial charge on any atom is 0.310 e. The average Bonchev–Trinajstić information content (AvgIpc) is 2.23. The van der Waals surface area contributed by atoms with E-state index in [-0.39, 0.29) is 24.4 Å². The molecule has 1 aliphatic heterocycles. The van der Waals surface area contributed by atoms with Crippen LogP contribution in [-0.2, 0) is 19.0 Å². The molecule has 0 bridgehead atoms. The molecule has 0 aromatic rings. The van der Waals surface area contributed by atoms with Crippen molar-refractivity contribution in [3.05, 3.63) is 0 Å². The molecule has 88 valence electrons. The van der Waals surface area contributed by atoms with E-state index in [0.29, 0.717) is 13.2 Å². The molecule has 0 aromatic heterocycles. The van der Waals surface area contributed by atoms with Gasteiger partial charge in [0, 0.05) is 5.41 Å². The van der Waals surface area contributed by atoms with Crippen LogP contribution in [0.5, 0.6) is 0 Å². The molecule has 0 aliphatic carbocycles. The van der Waals surface area contributed by atoms with Gasteiger partial charge in [-0.25, -0.2) is 0 Å². The SMILES string of the molecule is COC(=O)CC1(C)OCC(C)(CO)CO1. The average molecular weight is 218 g/mol. The lowest BCUT2D eigenvalue weighted by Gasteiger charge is -2.41. The van der Waals surface area contributed by atoms with Crippen LogP contribution >= 0.6 is 0 Å². The number of hydrogen-bond acceptors (Lipinski definition) is 5. The number of ether oxygens (including phenoxy) is 3. The Bertz CT molecular complexity index is 230. The van der Waals surface area contributed by atoms with Gasteiger partial charge in [-0.1, -0.05) is 6.92 Å². The molecule has 1 fully saturated rings. The Balaban J connectivity index is 2.51. The van der Waals surface area contributed by atoms with Gasteiger partial charge < -0.3 is 19.3 Å². The van der Waals surface area contributed by atoms with Crippen LogP contribution in [0.1, 0.15) is 20.3 Å². The maximum absolute atomic E-state index is 11.1. The Morgan fingerprint density at radius 2 is 1.93 bits per heavy atom. The zero-order valence-corrected chi connectivity index (χ0v) is 9.41. The third-order valence-corrected chi connectivity index (χ3v) is 2.53. The lowest BCUT2D eigenvalue weighted by molar-refractivity contribution is -0.297. The van der Waals surface area contributed by atoms with Crippen molar-refractivity contribution in [2.45, 2.75) is 26.1 Å². The Hall–Kier alpha value is -0.650. The number of aliphatic hydroxyl groups excluding tert-OH is 1. The van der Waals surface area contributed by atoms with Gasteiger partial charge in [-0.15, -0.1) is 0 Å². The van der Waals surface area contributed by atoms with Crippen molar-refractivity contribution in [3.8, 4) is 0 Å². The summed E-state index contributed by atoms with van der Waals surface area (Å²) < 4.78 is 15.5. The van der Waals surface area contributed by atoms with Gasteiger partial charge in [0.25, 0.3) is 0 Å². The fraction of sp³-hybridized carbons (Fsp3) is 0.900. The van der Waals surface area contributed by atoms with E-state index in [2.05, 4.69) is 4.74 Å². The van der Waals surface area contributed by atoms with Crippen LogP contribution in [0.15, 0.2) is 0 Å². The Morgan fingerprint density at radius 1 is 1.40 bits per heavy atom. The first-order valence-corrected chi connectivity index (χ1v) is 4.89. The zero-order valence-electron chi connectivity index (χ0n) is 9.41. The summed E-state index contributed by atoms with van der Waals surface area (Å²) in [6.07, 6.45) is 0.0605. The van der Waals surface area contributed by atoms with E-state index in [0.717, 1.165) is 0 Å². The number of carbonyl (C=O) groups excluding carboxylic acids is 1. The van der Waals surface area contributed by atoms with Gasteiger partial charge in [-0.2, -0.15) is 0 Å². The summed E-state index contributed by atoms with van der Waals surface area (Å²) in [7, 11) is 1.33. The molecule has 15 heavy (non-hydrogen) atoms. The van der Waals surface area contributed by atoms with Crippen LogP contribution in [0, 0.1) is 5.41 Å². The summed E-state index contributed by atoms with van der Waals surface area (Å²) in [6, 6.07) is 0. The molecule has 0 atom stereocenters. The van der Waals surface area contributed by atoms with Gasteiger partial charge in [0.15, 0.2) is 5.79 Å². The minimum Gasteiger partial charge on any atom is -0.469 e. The van der Waals surface area contributed by atoms with Gasteiger partial charge in [0.2, 0.25) is 0 Å². The van der Waals surface area contributed by atoms with Gasteiger partial charge in [0.1, 0.15) is 0 Å². The zero-order chi connectivity index (χ0) is 11.5. The minimum atomic E-state index is -0.929. The highest BCUT2D eigenvalue weighted by Gasteiger charge is 2.40. The summed E-state index contributed by atoms with van der Waals surface area (Å²) in [5.74, 6) is -1.30. The third-order valence-electron chi connectivity index (χ3n) is 2.53. The van der Waals surface area contributed by atoms with Gasteiger partial charge in [-0.3, -0.25) is 4.79 Å². The Labute approximate surface area is 89.3 Å². The van der Waals surface area contributed by atoms with E-state index in [1.54, 1.807) is 6.92 Å². The molecule has 1 rings (SSSR count). The summed E-state index contributed by atoms with van der Waals surface area (Å²) >= 11 is 0. The number of methoxy groups -OCH3 is 1. The highest BCUT2D eigenvalue weighted by Crippen LogP contribution is 2.31. The molecule has 1 heterocycles. The summed E-state index contributed by atoms with van der Waals surface area (Å²) in [4.78, 5) is 11.1. The minimum absolute atomic E-state index is 0.00129. The molecule has 0 amide bonds. The molecule has 1 N–H and O–H groups in total. The summed E-state index contributed by atoms with van der Waals surface area (Å²) in [5, 5.41) is 9.10. The second kappa shape index (κ2) is 4.47. The van der Waals surface area contributed by atoms with Gasteiger partial charge in [0.05, 0.1) is 33.4 Å². The normalized spacial score (nSPS) is 36.3. The van der Waals surface area contributed by atoms with E-state index >= 15 is 0 Å². The van der Waals surface area contributed by atoms with E-state index in [4.69, 9.17) is 14.6 Å². The molecule has 1 saturated heterocycles. The van der Waals surface area contributed by atoms with E-state index in [1.807, 2.05) is 6.92 Å². The van der Waals surface area contributed by atoms with Crippen molar-refractivity contribution >= 4 is 5.97 Å². The molecule has 0 radical (unpaired) electrons. The predicted molar refractivity (Wildman–Crippen MR) is 52.1 cm³/mol. The van der Waals surface area contributed by atoms with Crippen molar-refractivity contribution in [2.75, 3.05) is 26.9 Å². The van der Waals surface area contributed by atoms with Crippen LogP contribution in [0.4, 0.5) is 0 Å². The molecule has 0 spiro atoms. The van der Waals surface area contributed by atoms with Crippen molar-refractivity contribution in [3.63, 3.8) is 0 Å². The number of aliphatic hydroxyl groups is 1. The number of hydrogen-bond donors (Lipinski definition) is 1. The van der Waals surface area contributed by atoms with Crippen LogP contribution in [0.25, 0.3) is 0 Å². The largest absolute Gasteiger partial charge is 0.469 e. The second-order valence-corrected chi connectivity index (χ2v) is 4.43. The quantitative estimate of drug-likeness (QED) is 0.691. The van der Waals surface area contributed by atoms with E-state index < -0.39 is 5.79 Å². The molecule has 0 unspecified atom stereocenters. The van der Waals surface area contributed by atoms with Crippen molar-refractivity contribution < 1.29 is 24.1 Å².